The lowest BCUT2D eigenvalue weighted by molar-refractivity contribution is -0.921. The Morgan fingerprint density at radius 3 is 2.19 bits per heavy atom. The third-order valence-corrected chi connectivity index (χ3v) is 4.40. The van der Waals surface area contributed by atoms with Gasteiger partial charge in [-0.15, -0.1) is 0 Å². The first kappa shape index (κ1) is 18.0. The number of quaternary nitrogens is 1. The van der Waals surface area contributed by atoms with E-state index in [0.29, 0.717) is 26.2 Å². The fraction of sp³-hybridized carbons (Fsp3) is 0.286. The monoisotopic (exact) mass is 353 g/mol. The number of hydrogen-bond acceptors (Lipinski definition) is 3. The number of carbonyl (C=O) groups is 1. The molecular weight excluding hydrogens is 328 g/mol. The normalized spacial score (nSPS) is 11.0. The van der Waals surface area contributed by atoms with Crippen LogP contribution in [0, 0.1) is 6.92 Å². The summed E-state index contributed by atoms with van der Waals surface area (Å²) in [5, 5.41) is 3.03. The van der Waals surface area contributed by atoms with Crippen molar-refractivity contribution in [3.8, 4) is 0 Å². The maximum Gasteiger partial charge on any atom is 0.275 e. The third kappa shape index (κ3) is 5.36. The molecular formula is C21H25N2O3+. The molecule has 0 fully saturated rings. The molecule has 5 heteroatoms. The van der Waals surface area contributed by atoms with Crippen LogP contribution in [0.2, 0.25) is 0 Å². The van der Waals surface area contributed by atoms with Crippen LogP contribution < -0.4 is 10.2 Å². The van der Waals surface area contributed by atoms with Crippen LogP contribution in [0.3, 0.4) is 0 Å². The Bertz CT molecular complexity index is 758. The average Bonchev–Trinajstić information content (AvgIpc) is 3.30. The van der Waals surface area contributed by atoms with Gasteiger partial charge in [0.15, 0.2) is 18.1 Å². The van der Waals surface area contributed by atoms with Gasteiger partial charge in [-0.05, 0) is 48.7 Å². The predicted octanol–water partition coefficient (Wildman–Crippen LogP) is 2.13. The zero-order valence-electron chi connectivity index (χ0n) is 15.0. The van der Waals surface area contributed by atoms with E-state index in [9.17, 15) is 4.79 Å². The fourth-order valence-electron chi connectivity index (χ4n) is 3.02. The molecule has 0 bridgehead atoms. The number of hydrogen-bond donors (Lipinski definition) is 2. The molecule has 0 aliphatic carbocycles. The van der Waals surface area contributed by atoms with E-state index in [-0.39, 0.29) is 5.91 Å². The molecule has 26 heavy (non-hydrogen) atoms. The first-order chi connectivity index (χ1) is 12.7. The van der Waals surface area contributed by atoms with Crippen LogP contribution in [0.1, 0.15) is 22.6 Å². The molecule has 0 saturated carbocycles. The SMILES string of the molecule is Cc1ccccc1CCNC(=O)C[NH+](Cc1ccco1)Cc1ccco1. The maximum atomic E-state index is 12.4. The van der Waals surface area contributed by atoms with E-state index in [0.717, 1.165) is 22.8 Å². The Morgan fingerprint density at radius 1 is 0.962 bits per heavy atom. The predicted molar refractivity (Wildman–Crippen MR) is 98.5 cm³/mol. The van der Waals surface area contributed by atoms with Gasteiger partial charge in [0, 0.05) is 6.54 Å². The molecule has 0 atom stereocenters. The van der Waals surface area contributed by atoms with Crippen LogP contribution in [0.25, 0.3) is 0 Å². The molecule has 2 aromatic heterocycles. The average molecular weight is 353 g/mol. The second kappa shape index (κ2) is 9.06. The number of carbonyl (C=O) groups excluding carboxylic acids is 1. The molecule has 0 aliphatic heterocycles. The standard InChI is InChI=1S/C21H24N2O3/c1-17-6-2-3-7-18(17)10-11-22-21(24)16-23(14-19-8-4-12-25-19)15-20-9-5-13-26-20/h2-9,12-13H,10-11,14-16H2,1H3,(H,22,24)/p+1. The van der Waals surface area contributed by atoms with Gasteiger partial charge in [0.1, 0.15) is 13.1 Å². The van der Waals surface area contributed by atoms with Crippen LogP contribution in [0.4, 0.5) is 0 Å². The smallest absolute Gasteiger partial charge is 0.275 e. The highest BCUT2D eigenvalue weighted by Crippen LogP contribution is 2.06. The zero-order chi connectivity index (χ0) is 18.2. The summed E-state index contributed by atoms with van der Waals surface area (Å²) in [6, 6.07) is 15.8. The van der Waals surface area contributed by atoms with Crippen molar-refractivity contribution < 1.29 is 18.5 Å². The van der Waals surface area contributed by atoms with Crippen LogP contribution in [-0.2, 0) is 24.3 Å². The van der Waals surface area contributed by atoms with E-state index in [1.165, 1.54) is 11.1 Å². The van der Waals surface area contributed by atoms with Crippen LogP contribution >= 0.6 is 0 Å². The van der Waals surface area contributed by atoms with Gasteiger partial charge in [0.2, 0.25) is 0 Å². The molecule has 0 saturated heterocycles. The summed E-state index contributed by atoms with van der Waals surface area (Å²) in [6.07, 6.45) is 4.15. The van der Waals surface area contributed by atoms with E-state index in [4.69, 9.17) is 8.83 Å². The van der Waals surface area contributed by atoms with Crippen LogP contribution in [0.15, 0.2) is 69.9 Å². The summed E-state index contributed by atoms with van der Waals surface area (Å²) in [4.78, 5) is 13.5. The highest BCUT2D eigenvalue weighted by Gasteiger charge is 2.18. The maximum absolute atomic E-state index is 12.4. The quantitative estimate of drug-likeness (QED) is 0.620. The molecule has 136 valence electrons. The van der Waals surface area contributed by atoms with Crippen molar-refractivity contribution in [1.29, 1.82) is 0 Å². The number of furan rings is 2. The summed E-state index contributed by atoms with van der Waals surface area (Å²) in [5.41, 5.74) is 2.52. The second-order valence-corrected chi connectivity index (χ2v) is 6.47. The Labute approximate surface area is 153 Å². The zero-order valence-corrected chi connectivity index (χ0v) is 15.0. The molecule has 2 heterocycles. The van der Waals surface area contributed by atoms with Crippen molar-refractivity contribution >= 4 is 5.91 Å². The second-order valence-electron chi connectivity index (χ2n) is 6.47. The minimum Gasteiger partial charge on any atom is -0.463 e. The Balaban J connectivity index is 1.51. The van der Waals surface area contributed by atoms with Crippen molar-refractivity contribution in [1.82, 2.24) is 5.32 Å². The molecule has 0 spiro atoms. The Kier molecular flexibility index (Phi) is 6.28. The van der Waals surface area contributed by atoms with E-state index in [1.807, 2.05) is 36.4 Å². The molecule has 0 radical (unpaired) electrons. The summed E-state index contributed by atoms with van der Waals surface area (Å²) in [5.74, 6) is 1.75. The molecule has 3 rings (SSSR count). The molecule has 0 aliphatic rings. The van der Waals surface area contributed by atoms with E-state index in [1.54, 1.807) is 12.5 Å². The highest BCUT2D eigenvalue weighted by molar-refractivity contribution is 5.76. The van der Waals surface area contributed by atoms with Crippen molar-refractivity contribution in [3.05, 3.63) is 83.7 Å². The van der Waals surface area contributed by atoms with Crippen molar-refractivity contribution in [3.63, 3.8) is 0 Å². The molecule has 1 amide bonds. The summed E-state index contributed by atoms with van der Waals surface area (Å²) in [6.45, 7) is 4.38. The minimum absolute atomic E-state index is 0.0340. The van der Waals surface area contributed by atoms with E-state index >= 15 is 0 Å². The van der Waals surface area contributed by atoms with Gasteiger partial charge in [-0.3, -0.25) is 4.79 Å². The number of rotatable bonds is 9. The molecule has 3 aromatic rings. The molecule has 2 N–H and O–H groups in total. The molecule has 0 unspecified atom stereocenters. The van der Waals surface area contributed by atoms with Crippen molar-refractivity contribution in [2.24, 2.45) is 0 Å². The Morgan fingerprint density at radius 2 is 1.62 bits per heavy atom. The van der Waals surface area contributed by atoms with Crippen molar-refractivity contribution in [2.75, 3.05) is 13.1 Å². The van der Waals surface area contributed by atoms with Crippen LogP contribution in [0.5, 0.6) is 0 Å². The fourth-order valence-corrected chi connectivity index (χ4v) is 3.02. The lowest BCUT2D eigenvalue weighted by Crippen LogP contribution is -3.10. The third-order valence-electron chi connectivity index (χ3n) is 4.40. The van der Waals surface area contributed by atoms with Crippen LogP contribution in [-0.4, -0.2) is 19.0 Å². The summed E-state index contributed by atoms with van der Waals surface area (Å²) >= 11 is 0. The minimum atomic E-state index is 0.0340. The lowest BCUT2D eigenvalue weighted by Gasteiger charge is -2.17. The lowest BCUT2D eigenvalue weighted by atomic mass is 10.1. The van der Waals surface area contributed by atoms with E-state index < -0.39 is 0 Å². The van der Waals surface area contributed by atoms with E-state index in [2.05, 4.69) is 24.4 Å². The number of aryl methyl sites for hydroxylation is 1. The van der Waals surface area contributed by atoms with Gasteiger partial charge in [-0.1, -0.05) is 24.3 Å². The summed E-state index contributed by atoms with van der Waals surface area (Å²) in [7, 11) is 0. The van der Waals surface area contributed by atoms with Gasteiger partial charge >= 0.3 is 0 Å². The molecule has 1 aromatic carbocycles. The first-order valence-electron chi connectivity index (χ1n) is 8.90. The highest BCUT2D eigenvalue weighted by atomic mass is 16.3. The van der Waals surface area contributed by atoms with Gasteiger partial charge < -0.3 is 19.1 Å². The first-order valence-corrected chi connectivity index (χ1v) is 8.90. The Hall–Kier alpha value is -2.79. The van der Waals surface area contributed by atoms with Crippen molar-refractivity contribution in [2.45, 2.75) is 26.4 Å². The van der Waals surface area contributed by atoms with Gasteiger partial charge in [-0.2, -0.15) is 0 Å². The van der Waals surface area contributed by atoms with Gasteiger partial charge in [0.05, 0.1) is 12.5 Å². The number of nitrogens with one attached hydrogen (secondary N) is 2. The van der Waals surface area contributed by atoms with Gasteiger partial charge in [-0.25, -0.2) is 0 Å². The summed E-state index contributed by atoms with van der Waals surface area (Å²) < 4.78 is 10.9. The van der Waals surface area contributed by atoms with Gasteiger partial charge in [0.25, 0.3) is 5.91 Å². The topological polar surface area (TPSA) is 59.8 Å². The number of amides is 1. The largest absolute Gasteiger partial charge is 0.463 e. The molecule has 5 nitrogen and oxygen atoms in total. The number of benzene rings is 1.